The molecule has 5 heteroatoms. The number of rotatable bonds is 4. The third-order valence-electron chi connectivity index (χ3n) is 3.90. The van der Waals surface area contributed by atoms with Gasteiger partial charge in [0.05, 0.1) is 6.04 Å². The Labute approximate surface area is 141 Å². The van der Waals surface area contributed by atoms with E-state index in [9.17, 15) is 14.7 Å². The van der Waals surface area contributed by atoms with Gasteiger partial charge in [0.2, 0.25) is 0 Å². The number of benzene rings is 2. The van der Waals surface area contributed by atoms with Crippen molar-refractivity contribution in [3.63, 3.8) is 0 Å². The molecule has 3 N–H and O–H groups in total. The fourth-order valence-corrected chi connectivity index (χ4v) is 2.35. The molecular weight excluding hydrogens is 304 g/mol. The zero-order valence-electron chi connectivity index (χ0n) is 14.1. The number of carbonyl (C=O) groups is 2. The molecule has 0 spiro atoms. The first-order valence-corrected chi connectivity index (χ1v) is 7.91. The topological polar surface area (TPSA) is 78.4 Å². The summed E-state index contributed by atoms with van der Waals surface area (Å²) in [4.78, 5) is 24.1. The van der Waals surface area contributed by atoms with E-state index in [1.807, 2.05) is 31.2 Å². The summed E-state index contributed by atoms with van der Waals surface area (Å²) in [6.45, 7) is 5.65. The predicted molar refractivity (Wildman–Crippen MR) is 93.9 cm³/mol. The summed E-state index contributed by atoms with van der Waals surface area (Å²) in [6, 6.07) is 12.2. The smallest absolute Gasteiger partial charge is 0.313 e. The number of anilines is 1. The average Bonchev–Trinajstić information content (AvgIpc) is 2.57. The summed E-state index contributed by atoms with van der Waals surface area (Å²) in [5.41, 5.74) is 3.33. The van der Waals surface area contributed by atoms with Crippen LogP contribution in [0.2, 0.25) is 0 Å². The number of aryl methyl sites for hydroxylation is 2. The van der Waals surface area contributed by atoms with Gasteiger partial charge < -0.3 is 15.7 Å². The van der Waals surface area contributed by atoms with Gasteiger partial charge in [-0.1, -0.05) is 31.2 Å². The molecular formula is C19H22N2O3. The van der Waals surface area contributed by atoms with Crippen molar-refractivity contribution < 1.29 is 14.7 Å². The molecule has 2 rings (SSSR count). The molecule has 0 saturated heterocycles. The third kappa shape index (κ3) is 4.35. The van der Waals surface area contributed by atoms with Gasteiger partial charge in [0.15, 0.2) is 0 Å². The molecule has 2 aromatic carbocycles. The molecule has 126 valence electrons. The monoisotopic (exact) mass is 326 g/mol. The first-order chi connectivity index (χ1) is 11.4. The quantitative estimate of drug-likeness (QED) is 0.597. The highest BCUT2D eigenvalue weighted by Gasteiger charge is 2.18. The van der Waals surface area contributed by atoms with Gasteiger partial charge in [-0.15, -0.1) is 0 Å². The molecule has 0 bridgehead atoms. The number of aromatic hydroxyl groups is 1. The molecule has 2 aromatic rings. The molecule has 0 radical (unpaired) electrons. The minimum Gasteiger partial charge on any atom is -0.508 e. The lowest BCUT2D eigenvalue weighted by atomic mass is 10.0. The van der Waals surface area contributed by atoms with Crippen LogP contribution in [0.1, 0.15) is 36.6 Å². The second kappa shape index (κ2) is 7.64. The first kappa shape index (κ1) is 17.5. The van der Waals surface area contributed by atoms with Crippen LogP contribution in [0.5, 0.6) is 5.75 Å². The maximum Gasteiger partial charge on any atom is 0.313 e. The van der Waals surface area contributed by atoms with Crippen molar-refractivity contribution in [1.29, 1.82) is 0 Å². The van der Waals surface area contributed by atoms with E-state index < -0.39 is 11.8 Å². The van der Waals surface area contributed by atoms with Crippen LogP contribution < -0.4 is 10.6 Å². The molecule has 1 atom stereocenters. The average molecular weight is 326 g/mol. The number of phenolic OH excluding ortho intramolecular Hbond substituents is 1. The van der Waals surface area contributed by atoms with Crippen molar-refractivity contribution >= 4 is 17.5 Å². The van der Waals surface area contributed by atoms with Crippen LogP contribution in [0, 0.1) is 6.92 Å². The lowest BCUT2D eigenvalue weighted by Crippen LogP contribution is -2.37. The van der Waals surface area contributed by atoms with E-state index >= 15 is 0 Å². The molecule has 0 aliphatic carbocycles. The van der Waals surface area contributed by atoms with Crippen molar-refractivity contribution in [2.24, 2.45) is 0 Å². The third-order valence-corrected chi connectivity index (χ3v) is 3.90. The highest BCUT2D eigenvalue weighted by atomic mass is 16.3. The second-order valence-corrected chi connectivity index (χ2v) is 5.74. The fraction of sp³-hybridized carbons (Fsp3) is 0.263. The largest absolute Gasteiger partial charge is 0.508 e. The number of amides is 2. The van der Waals surface area contributed by atoms with Gasteiger partial charge >= 0.3 is 11.8 Å². The fourth-order valence-electron chi connectivity index (χ4n) is 2.35. The molecule has 0 fully saturated rings. The Morgan fingerprint density at radius 1 is 1.08 bits per heavy atom. The zero-order valence-corrected chi connectivity index (χ0v) is 14.1. The standard InChI is InChI=1S/C19H22N2O3/c1-4-14-5-7-15(8-6-14)13(3)20-18(23)19(24)21-17-10-9-16(22)11-12(17)2/h5-11,13,22H,4H2,1-3H3,(H,20,23)(H,21,24). The van der Waals surface area contributed by atoms with Crippen molar-refractivity contribution in [2.45, 2.75) is 33.2 Å². The van der Waals surface area contributed by atoms with Gasteiger partial charge in [0.1, 0.15) is 5.75 Å². The maximum absolute atomic E-state index is 12.1. The molecule has 0 aromatic heterocycles. The van der Waals surface area contributed by atoms with Crippen molar-refractivity contribution in [3.8, 4) is 5.75 Å². The molecule has 2 amide bonds. The summed E-state index contributed by atoms with van der Waals surface area (Å²) in [6.07, 6.45) is 0.954. The van der Waals surface area contributed by atoms with E-state index in [2.05, 4.69) is 17.6 Å². The van der Waals surface area contributed by atoms with E-state index in [-0.39, 0.29) is 11.8 Å². The van der Waals surface area contributed by atoms with Crippen LogP contribution in [-0.2, 0) is 16.0 Å². The van der Waals surface area contributed by atoms with E-state index in [1.54, 1.807) is 13.0 Å². The molecule has 0 saturated carbocycles. The Kier molecular flexibility index (Phi) is 5.58. The molecule has 0 aliphatic heterocycles. The van der Waals surface area contributed by atoms with Crippen molar-refractivity contribution in [2.75, 3.05) is 5.32 Å². The molecule has 0 heterocycles. The van der Waals surface area contributed by atoms with Crippen LogP contribution in [0.15, 0.2) is 42.5 Å². The van der Waals surface area contributed by atoms with Crippen LogP contribution in [0.4, 0.5) is 5.69 Å². The van der Waals surface area contributed by atoms with Gasteiger partial charge in [-0.2, -0.15) is 0 Å². The minimum atomic E-state index is -0.735. The zero-order chi connectivity index (χ0) is 17.7. The SMILES string of the molecule is CCc1ccc(C(C)NC(=O)C(=O)Nc2ccc(O)cc2C)cc1. The van der Waals surface area contributed by atoms with E-state index in [0.29, 0.717) is 11.3 Å². The summed E-state index contributed by atoms with van der Waals surface area (Å²) in [7, 11) is 0. The Morgan fingerprint density at radius 2 is 1.75 bits per heavy atom. The Bertz CT molecular complexity index is 739. The summed E-state index contributed by atoms with van der Waals surface area (Å²) >= 11 is 0. The molecule has 5 nitrogen and oxygen atoms in total. The summed E-state index contributed by atoms with van der Waals surface area (Å²) in [5, 5.41) is 14.6. The highest BCUT2D eigenvalue weighted by Crippen LogP contribution is 2.20. The highest BCUT2D eigenvalue weighted by molar-refractivity contribution is 6.39. The maximum atomic E-state index is 12.1. The lowest BCUT2D eigenvalue weighted by Gasteiger charge is -2.15. The Balaban J connectivity index is 1.98. The van der Waals surface area contributed by atoms with Crippen LogP contribution >= 0.6 is 0 Å². The number of carbonyl (C=O) groups excluding carboxylic acids is 2. The lowest BCUT2D eigenvalue weighted by molar-refractivity contribution is -0.136. The summed E-state index contributed by atoms with van der Waals surface area (Å²) in [5.74, 6) is -1.32. The summed E-state index contributed by atoms with van der Waals surface area (Å²) < 4.78 is 0. The minimum absolute atomic E-state index is 0.110. The predicted octanol–water partition coefficient (Wildman–Crippen LogP) is 3.08. The number of hydrogen-bond donors (Lipinski definition) is 3. The van der Waals surface area contributed by atoms with Crippen molar-refractivity contribution in [3.05, 3.63) is 59.2 Å². The van der Waals surface area contributed by atoms with Gasteiger partial charge in [-0.05, 0) is 55.2 Å². The van der Waals surface area contributed by atoms with E-state index in [1.165, 1.54) is 17.7 Å². The first-order valence-electron chi connectivity index (χ1n) is 7.91. The van der Waals surface area contributed by atoms with Crippen LogP contribution in [0.25, 0.3) is 0 Å². The number of nitrogens with one attached hydrogen (secondary N) is 2. The van der Waals surface area contributed by atoms with Crippen LogP contribution in [-0.4, -0.2) is 16.9 Å². The van der Waals surface area contributed by atoms with Gasteiger partial charge in [0, 0.05) is 5.69 Å². The second-order valence-electron chi connectivity index (χ2n) is 5.74. The Hall–Kier alpha value is -2.82. The normalized spacial score (nSPS) is 11.6. The van der Waals surface area contributed by atoms with E-state index in [0.717, 1.165) is 12.0 Å². The number of hydrogen-bond acceptors (Lipinski definition) is 3. The van der Waals surface area contributed by atoms with E-state index in [4.69, 9.17) is 0 Å². The van der Waals surface area contributed by atoms with Gasteiger partial charge in [-0.3, -0.25) is 9.59 Å². The molecule has 0 aliphatic rings. The van der Waals surface area contributed by atoms with Crippen LogP contribution in [0.3, 0.4) is 0 Å². The van der Waals surface area contributed by atoms with Gasteiger partial charge in [-0.25, -0.2) is 0 Å². The molecule has 1 unspecified atom stereocenters. The number of phenols is 1. The Morgan fingerprint density at radius 3 is 2.33 bits per heavy atom. The molecule has 24 heavy (non-hydrogen) atoms. The van der Waals surface area contributed by atoms with Gasteiger partial charge in [0.25, 0.3) is 0 Å². The van der Waals surface area contributed by atoms with Crippen molar-refractivity contribution in [1.82, 2.24) is 5.32 Å².